The van der Waals surface area contributed by atoms with Gasteiger partial charge in [0.15, 0.2) is 11.5 Å². The van der Waals surface area contributed by atoms with Gasteiger partial charge in [0.1, 0.15) is 16.6 Å². The molecule has 4 rings (SSSR count). The van der Waals surface area contributed by atoms with Crippen LogP contribution in [0.5, 0.6) is 11.5 Å². The van der Waals surface area contributed by atoms with E-state index in [4.69, 9.17) is 9.47 Å². The van der Waals surface area contributed by atoms with Crippen molar-refractivity contribution in [1.82, 2.24) is 10.2 Å². The number of Topliss-reactive ketones (excluding diaryl/α,β-unsaturated/α-hetero) is 1. The molecule has 3 aromatic rings. The highest BCUT2D eigenvalue weighted by Crippen LogP contribution is 2.44. The molecule has 0 radical (unpaired) electrons. The first-order chi connectivity index (χ1) is 16.4. The molecule has 176 valence electrons. The van der Waals surface area contributed by atoms with Crippen LogP contribution < -0.4 is 14.4 Å². The van der Waals surface area contributed by atoms with Gasteiger partial charge in [-0.15, -0.1) is 10.2 Å². The van der Waals surface area contributed by atoms with E-state index in [1.807, 2.05) is 13.8 Å². The van der Waals surface area contributed by atoms with Gasteiger partial charge in [0, 0.05) is 5.56 Å². The second-order valence-corrected chi connectivity index (χ2v) is 8.39. The quantitative estimate of drug-likeness (QED) is 0.304. The lowest BCUT2D eigenvalue weighted by atomic mass is 9.95. The van der Waals surface area contributed by atoms with Gasteiger partial charge in [-0.1, -0.05) is 24.3 Å². The summed E-state index contributed by atoms with van der Waals surface area (Å²) in [5.74, 6) is -1.75. The molecule has 1 aliphatic rings. The van der Waals surface area contributed by atoms with E-state index in [1.54, 1.807) is 18.2 Å². The van der Waals surface area contributed by atoms with Crippen LogP contribution in [0.1, 0.15) is 36.0 Å². The Labute approximate surface area is 199 Å². The largest absolute Gasteiger partial charge is 0.507 e. The molecule has 0 bridgehead atoms. The van der Waals surface area contributed by atoms with Crippen LogP contribution in [0.15, 0.2) is 48.0 Å². The summed E-state index contributed by atoms with van der Waals surface area (Å²) < 4.78 is 24.5. The summed E-state index contributed by atoms with van der Waals surface area (Å²) in [6, 6.07) is 9.02. The van der Waals surface area contributed by atoms with Crippen molar-refractivity contribution in [1.29, 1.82) is 0 Å². The highest BCUT2D eigenvalue weighted by atomic mass is 32.1. The number of nitrogens with zero attached hydrogens (tertiary/aromatic N) is 3. The number of carbonyl (C=O) groups is 2. The second kappa shape index (κ2) is 9.60. The predicted octanol–water partition coefficient (Wildman–Crippen LogP) is 4.27. The number of aromatic nitrogens is 2. The summed E-state index contributed by atoms with van der Waals surface area (Å²) in [6.45, 7) is 4.16. The molecule has 2 aromatic carbocycles. The summed E-state index contributed by atoms with van der Waals surface area (Å²) >= 11 is 1.19. The SMILES string of the molecule is CCOc1ccc(C2/C(=C(\O)c3ccc(F)cc3)C(=O)C(=O)N2c2nnc(CC)s2)cc1OC. The Bertz CT molecular complexity index is 1270. The monoisotopic (exact) mass is 483 g/mol. The minimum Gasteiger partial charge on any atom is -0.507 e. The normalized spacial score (nSPS) is 17.3. The molecular weight excluding hydrogens is 461 g/mol. The van der Waals surface area contributed by atoms with Crippen molar-refractivity contribution in [3.63, 3.8) is 0 Å². The number of methoxy groups -OCH3 is 1. The van der Waals surface area contributed by atoms with Crippen LogP contribution in [0.2, 0.25) is 0 Å². The Morgan fingerprint density at radius 1 is 1.12 bits per heavy atom. The maximum atomic E-state index is 13.4. The number of hydrogen-bond acceptors (Lipinski definition) is 8. The lowest BCUT2D eigenvalue weighted by Crippen LogP contribution is -2.29. The topological polar surface area (TPSA) is 102 Å². The Kier molecular flexibility index (Phi) is 6.60. The van der Waals surface area contributed by atoms with Gasteiger partial charge >= 0.3 is 5.91 Å². The fourth-order valence-electron chi connectivity index (χ4n) is 3.72. The van der Waals surface area contributed by atoms with Crippen LogP contribution in [0.25, 0.3) is 5.76 Å². The maximum Gasteiger partial charge on any atom is 0.301 e. The van der Waals surface area contributed by atoms with Crippen LogP contribution in [0, 0.1) is 5.82 Å². The molecule has 1 aromatic heterocycles. The van der Waals surface area contributed by atoms with Crippen LogP contribution in [0.3, 0.4) is 0 Å². The third kappa shape index (κ3) is 4.12. The molecule has 0 saturated carbocycles. The molecule has 8 nitrogen and oxygen atoms in total. The molecule has 0 spiro atoms. The zero-order valence-corrected chi connectivity index (χ0v) is 19.6. The minimum atomic E-state index is -1.01. The summed E-state index contributed by atoms with van der Waals surface area (Å²) in [7, 11) is 1.48. The van der Waals surface area contributed by atoms with Gasteiger partial charge in [-0.05, 0) is 55.3 Å². The van der Waals surface area contributed by atoms with Crippen LogP contribution in [0.4, 0.5) is 9.52 Å². The number of aryl methyl sites for hydroxylation is 1. The Hall–Kier alpha value is -3.79. The Morgan fingerprint density at radius 2 is 1.85 bits per heavy atom. The highest BCUT2D eigenvalue weighted by molar-refractivity contribution is 7.15. The first kappa shape index (κ1) is 23.4. The first-order valence-electron chi connectivity index (χ1n) is 10.6. The van der Waals surface area contributed by atoms with Crippen LogP contribution in [-0.4, -0.2) is 40.7 Å². The molecule has 1 N–H and O–H groups in total. The fraction of sp³-hybridized carbons (Fsp3) is 0.250. The van der Waals surface area contributed by atoms with Crippen molar-refractivity contribution in [2.75, 3.05) is 18.6 Å². The van der Waals surface area contributed by atoms with Gasteiger partial charge in [-0.25, -0.2) is 4.39 Å². The summed E-state index contributed by atoms with van der Waals surface area (Å²) in [5, 5.41) is 20.2. The highest BCUT2D eigenvalue weighted by Gasteiger charge is 2.48. The number of benzene rings is 2. The van der Waals surface area contributed by atoms with Gasteiger partial charge in [-0.2, -0.15) is 0 Å². The number of halogens is 1. The molecule has 2 heterocycles. The van der Waals surface area contributed by atoms with Crippen LogP contribution >= 0.6 is 11.3 Å². The van der Waals surface area contributed by atoms with E-state index in [0.717, 1.165) is 12.1 Å². The van der Waals surface area contributed by atoms with E-state index in [1.165, 1.54) is 35.5 Å². The molecule has 1 fully saturated rings. The van der Waals surface area contributed by atoms with Gasteiger partial charge in [-0.3, -0.25) is 14.5 Å². The smallest absolute Gasteiger partial charge is 0.301 e. The number of carbonyl (C=O) groups excluding carboxylic acids is 2. The Balaban J connectivity index is 1.93. The van der Waals surface area contributed by atoms with Gasteiger partial charge < -0.3 is 14.6 Å². The number of anilines is 1. The zero-order chi connectivity index (χ0) is 24.4. The molecule has 1 aliphatic heterocycles. The number of rotatable bonds is 7. The van der Waals surface area contributed by atoms with Gasteiger partial charge in [0.2, 0.25) is 5.13 Å². The summed E-state index contributed by atoms with van der Waals surface area (Å²) in [5.41, 5.74) is 0.557. The predicted molar refractivity (Wildman–Crippen MR) is 125 cm³/mol. The molecule has 1 amide bonds. The van der Waals surface area contributed by atoms with E-state index in [9.17, 15) is 19.1 Å². The van der Waals surface area contributed by atoms with E-state index >= 15 is 0 Å². The van der Waals surface area contributed by atoms with E-state index in [0.29, 0.717) is 35.1 Å². The Morgan fingerprint density at radius 3 is 2.47 bits per heavy atom. The molecule has 1 unspecified atom stereocenters. The van der Waals surface area contributed by atoms with Crippen molar-refractivity contribution in [3.05, 3.63) is 70.0 Å². The zero-order valence-electron chi connectivity index (χ0n) is 18.7. The van der Waals surface area contributed by atoms with Gasteiger partial charge in [0.25, 0.3) is 5.78 Å². The van der Waals surface area contributed by atoms with Crippen molar-refractivity contribution in [2.24, 2.45) is 0 Å². The number of ether oxygens (including phenoxy) is 2. The van der Waals surface area contributed by atoms with Crippen molar-refractivity contribution >= 4 is 33.9 Å². The number of amides is 1. The third-order valence-electron chi connectivity index (χ3n) is 5.33. The summed E-state index contributed by atoms with van der Waals surface area (Å²) in [4.78, 5) is 27.6. The number of ketones is 1. The lowest BCUT2D eigenvalue weighted by molar-refractivity contribution is -0.132. The van der Waals surface area contributed by atoms with E-state index in [2.05, 4.69) is 10.2 Å². The number of aliphatic hydroxyl groups excluding tert-OH is 1. The van der Waals surface area contributed by atoms with Gasteiger partial charge in [0.05, 0.1) is 25.3 Å². The summed E-state index contributed by atoms with van der Waals surface area (Å²) in [6.07, 6.45) is 0.610. The molecule has 34 heavy (non-hydrogen) atoms. The second-order valence-electron chi connectivity index (χ2n) is 7.35. The van der Waals surface area contributed by atoms with Crippen molar-refractivity contribution in [2.45, 2.75) is 26.3 Å². The third-order valence-corrected chi connectivity index (χ3v) is 6.40. The van der Waals surface area contributed by atoms with Crippen LogP contribution in [-0.2, 0) is 16.0 Å². The number of aliphatic hydroxyl groups is 1. The van der Waals surface area contributed by atoms with E-state index < -0.39 is 29.3 Å². The minimum absolute atomic E-state index is 0.143. The average molecular weight is 484 g/mol. The van der Waals surface area contributed by atoms with E-state index in [-0.39, 0.29) is 16.3 Å². The maximum absolute atomic E-state index is 13.4. The van der Waals surface area contributed by atoms with Crippen molar-refractivity contribution < 1.29 is 28.6 Å². The molecule has 0 aliphatic carbocycles. The lowest BCUT2D eigenvalue weighted by Gasteiger charge is -2.23. The molecule has 1 atom stereocenters. The van der Waals surface area contributed by atoms with Crippen molar-refractivity contribution in [3.8, 4) is 11.5 Å². The molecular formula is C24H22FN3O5S. The molecule has 1 saturated heterocycles. The number of hydrogen-bond donors (Lipinski definition) is 1. The molecule has 10 heteroatoms. The fourth-order valence-corrected chi connectivity index (χ4v) is 4.53. The first-order valence-corrected chi connectivity index (χ1v) is 11.4. The average Bonchev–Trinajstić information content (AvgIpc) is 3.42. The standard InChI is InChI=1S/C24H22FN3O5S/c1-4-18-26-27-24(34-18)28-20(14-8-11-16(33-5-2)17(12-14)32-3)19(22(30)23(28)31)21(29)13-6-9-15(25)10-7-13/h6-12,20,29H,4-5H2,1-3H3/b21-19+.